The van der Waals surface area contributed by atoms with Gasteiger partial charge in [0.1, 0.15) is 0 Å². The molecule has 0 bridgehead atoms. The third kappa shape index (κ3) is 2.92. The van der Waals surface area contributed by atoms with Gasteiger partial charge < -0.3 is 15.4 Å². The van der Waals surface area contributed by atoms with E-state index in [1.807, 2.05) is 6.92 Å². The summed E-state index contributed by atoms with van der Waals surface area (Å²) in [5.41, 5.74) is 0. The van der Waals surface area contributed by atoms with Gasteiger partial charge in [0.15, 0.2) is 0 Å². The minimum atomic E-state index is 0.117. The van der Waals surface area contributed by atoms with Crippen molar-refractivity contribution >= 4 is 5.91 Å². The van der Waals surface area contributed by atoms with Crippen molar-refractivity contribution in [1.82, 2.24) is 10.6 Å². The number of amides is 1. The molecule has 0 radical (unpaired) electrons. The second-order valence-corrected chi connectivity index (χ2v) is 4.39. The lowest BCUT2D eigenvalue weighted by Gasteiger charge is -2.23. The minimum absolute atomic E-state index is 0.117. The SMILES string of the molecule is CCOC1CC1C(=O)NC1CCCNC1. The average Bonchev–Trinajstić information content (AvgIpc) is 2.99. The normalized spacial score (nSPS) is 34.9. The van der Waals surface area contributed by atoms with Crippen molar-refractivity contribution in [1.29, 1.82) is 0 Å². The summed E-state index contributed by atoms with van der Waals surface area (Å²) in [6.45, 7) is 4.67. The largest absolute Gasteiger partial charge is 0.378 e. The van der Waals surface area contributed by atoms with E-state index in [-0.39, 0.29) is 17.9 Å². The highest BCUT2D eigenvalue weighted by atomic mass is 16.5. The first-order chi connectivity index (χ1) is 7.31. The second-order valence-electron chi connectivity index (χ2n) is 4.39. The van der Waals surface area contributed by atoms with Crippen LogP contribution in [0.2, 0.25) is 0 Å². The summed E-state index contributed by atoms with van der Waals surface area (Å²) in [5.74, 6) is 0.300. The predicted molar refractivity (Wildman–Crippen MR) is 57.6 cm³/mol. The Morgan fingerprint density at radius 1 is 1.60 bits per heavy atom. The minimum Gasteiger partial charge on any atom is -0.378 e. The van der Waals surface area contributed by atoms with Gasteiger partial charge >= 0.3 is 0 Å². The van der Waals surface area contributed by atoms with Crippen LogP contribution in [0.25, 0.3) is 0 Å². The van der Waals surface area contributed by atoms with Gasteiger partial charge in [-0.15, -0.1) is 0 Å². The van der Waals surface area contributed by atoms with Crippen LogP contribution in [0.3, 0.4) is 0 Å². The summed E-state index contributed by atoms with van der Waals surface area (Å²) >= 11 is 0. The number of hydrogen-bond donors (Lipinski definition) is 2. The van der Waals surface area contributed by atoms with Gasteiger partial charge in [-0.25, -0.2) is 0 Å². The van der Waals surface area contributed by atoms with Crippen molar-refractivity contribution in [3.63, 3.8) is 0 Å². The van der Waals surface area contributed by atoms with E-state index in [2.05, 4.69) is 10.6 Å². The molecule has 1 heterocycles. The molecule has 1 saturated carbocycles. The molecule has 0 aromatic carbocycles. The third-order valence-corrected chi connectivity index (χ3v) is 3.09. The first-order valence-electron chi connectivity index (χ1n) is 5.94. The Bertz CT molecular complexity index is 227. The van der Waals surface area contributed by atoms with Gasteiger partial charge in [-0.05, 0) is 32.7 Å². The summed E-state index contributed by atoms with van der Waals surface area (Å²) in [6, 6.07) is 0.328. The van der Waals surface area contributed by atoms with E-state index in [9.17, 15) is 4.79 Å². The molecule has 0 aromatic rings. The van der Waals surface area contributed by atoms with Crippen LogP contribution < -0.4 is 10.6 Å². The predicted octanol–water partition coefficient (Wildman–Crippen LogP) is 0.280. The quantitative estimate of drug-likeness (QED) is 0.704. The zero-order chi connectivity index (χ0) is 10.7. The zero-order valence-corrected chi connectivity index (χ0v) is 9.29. The van der Waals surface area contributed by atoms with Crippen LogP contribution >= 0.6 is 0 Å². The van der Waals surface area contributed by atoms with Crippen molar-refractivity contribution in [2.45, 2.75) is 38.3 Å². The van der Waals surface area contributed by atoms with Gasteiger partial charge in [0, 0.05) is 19.2 Å². The molecular weight excluding hydrogens is 192 g/mol. The van der Waals surface area contributed by atoms with E-state index in [0.717, 1.165) is 32.4 Å². The topological polar surface area (TPSA) is 50.4 Å². The van der Waals surface area contributed by atoms with Crippen molar-refractivity contribution in [2.24, 2.45) is 5.92 Å². The Labute approximate surface area is 90.8 Å². The number of nitrogens with one attached hydrogen (secondary N) is 2. The number of rotatable bonds is 4. The molecule has 1 saturated heterocycles. The van der Waals surface area contributed by atoms with Gasteiger partial charge in [-0.1, -0.05) is 0 Å². The van der Waals surface area contributed by atoms with Gasteiger partial charge in [-0.3, -0.25) is 4.79 Å². The Hall–Kier alpha value is -0.610. The molecule has 15 heavy (non-hydrogen) atoms. The Balaban J connectivity index is 1.68. The molecule has 1 amide bonds. The van der Waals surface area contributed by atoms with Crippen molar-refractivity contribution in [2.75, 3.05) is 19.7 Å². The molecule has 1 aliphatic carbocycles. The molecule has 3 atom stereocenters. The lowest BCUT2D eigenvalue weighted by molar-refractivity contribution is -0.124. The molecule has 4 heteroatoms. The maximum absolute atomic E-state index is 11.7. The fourth-order valence-electron chi connectivity index (χ4n) is 2.13. The van der Waals surface area contributed by atoms with E-state index < -0.39 is 0 Å². The van der Waals surface area contributed by atoms with Crippen LogP contribution in [0.15, 0.2) is 0 Å². The lowest BCUT2D eigenvalue weighted by atomic mass is 10.1. The van der Waals surface area contributed by atoms with E-state index >= 15 is 0 Å². The highest BCUT2D eigenvalue weighted by Crippen LogP contribution is 2.33. The van der Waals surface area contributed by atoms with E-state index in [1.165, 1.54) is 0 Å². The summed E-state index contributed by atoms with van der Waals surface area (Å²) in [4.78, 5) is 11.7. The van der Waals surface area contributed by atoms with E-state index in [4.69, 9.17) is 4.74 Å². The van der Waals surface area contributed by atoms with Crippen molar-refractivity contribution in [3.8, 4) is 0 Å². The lowest BCUT2D eigenvalue weighted by Crippen LogP contribution is -2.46. The number of hydrogen-bond acceptors (Lipinski definition) is 3. The van der Waals surface area contributed by atoms with Gasteiger partial charge in [0.05, 0.1) is 12.0 Å². The molecule has 86 valence electrons. The number of piperidine rings is 1. The number of carbonyl (C=O) groups is 1. The molecule has 0 aromatic heterocycles. The molecule has 4 nitrogen and oxygen atoms in total. The van der Waals surface area contributed by atoms with Crippen LogP contribution in [-0.4, -0.2) is 37.7 Å². The first-order valence-corrected chi connectivity index (χ1v) is 5.94. The summed E-state index contributed by atoms with van der Waals surface area (Å²) in [5, 5.41) is 6.38. The van der Waals surface area contributed by atoms with Crippen molar-refractivity contribution in [3.05, 3.63) is 0 Å². The van der Waals surface area contributed by atoms with Gasteiger partial charge in [-0.2, -0.15) is 0 Å². The highest BCUT2D eigenvalue weighted by molar-refractivity contribution is 5.82. The van der Waals surface area contributed by atoms with Crippen LogP contribution in [-0.2, 0) is 9.53 Å². The molecule has 1 aliphatic heterocycles. The number of carbonyl (C=O) groups excluding carboxylic acids is 1. The summed E-state index contributed by atoms with van der Waals surface area (Å²) in [6.07, 6.45) is 3.35. The van der Waals surface area contributed by atoms with E-state index in [1.54, 1.807) is 0 Å². The first kappa shape index (κ1) is 10.9. The monoisotopic (exact) mass is 212 g/mol. The second kappa shape index (κ2) is 4.94. The molecule has 2 N–H and O–H groups in total. The molecule has 2 aliphatic rings. The number of ether oxygens (including phenoxy) is 1. The molecule has 2 fully saturated rings. The van der Waals surface area contributed by atoms with Crippen LogP contribution in [0.5, 0.6) is 0 Å². The molecule has 0 spiro atoms. The maximum atomic E-state index is 11.7. The highest BCUT2D eigenvalue weighted by Gasteiger charge is 2.44. The Morgan fingerprint density at radius 3 is 3.13 bits per heavy atom. The zero-order valence-electron chi connectivity index (χ0n) is 9.29. The standard InChI is InChI=1S/C11H20N2O2/c1-2-15-10-6-9(10)11(14)13-8-4-3-5-12-7-8/h8-10,12H,2-7H2,1H3,(H,13,14). The summed E-state index contributed by atoms with van der Waals surface area (Å²) < 4.78 is 5.40. The fraction of sp³-hybridized carbons (Fsp3) is 0.909. The van der Waals surface area contributed by atoms with Gasteiger partial charge in [0.25, 0.3) is 0 Å². The van der Waals surface area contributed by atoms with Crippen molar-refractivity contribution < 1.29 is 9.53 Å². The Kier molecular flexibility index (Phi) is 3.59. The molecule has 3 unspecified atom stereocenters. The van der Waals surface area contributed by atoms with Gasteiger partial charge in [0.2, 0.25) is 5.91 Å². The third-order valence-electron chi connectivity index (χ3n) is 3.09. The average molecular weight is 212 g/mol. The maximum Gasteiger partial charge on any atom is 0.226 e. The fourth-order valence-corrected chi connectivity index (χ4v) is 2.13. The molecule has 2 rings (SSSR count). The van der Waals surface area contributed by atoms with Crippen LogP contribution in [0, 0.1) is 5.92 Å². The van der Waals surface area contributed by atoms with E-state index in [0.29, 0.717) is 12.6 Å². The summed E-state index contributed by atoms with van der Waals surface area (Å²) in [7, 11) is 0. The molecular formula is C11H20N2O2. The Morgan fingerprint density at radius 2 is 2.47 bits per heavy atom. The van der Waals surface area contributed by atoms with Crippen LogP contribution in [0.4, 0.5) is 0 Å². The van der Waals surface area contributed by atoms with Crippen LogP contribution in [0.1, 0.15) is 26.2 Å². The smallest absolute Gasteiger partial charge is 0.226 e.